The van der Waals surface area contributed by atoms with E-state index in [9.17, 15) is 0 Å². The highest BCUT2D eigenvalue weighted by Gasteiger charge is 2.17. The van der Waals surface area contributed by atoms with Crippen molar-refractivity contribution in [2.45, 2.75) is 39.0 Å². The molecule has 1 heterocycles. The molecular formula is C13H21N3. The molecule has 1 aliphatic rings. The van der Waals surface area contributed by atoms with Crippen LogP contribution < -0.4 is 5.32 Å². The average molecular weight is 219 g/mol. The van der Waals surface area contributed by atoms with E-state index in [1.54, 1.807) is 6.20 Å². The van der Waals surface area contributed by atoms with Crippen LogP contribution in [-0.4, -0.2) is 16.7 Å². The van der Waals surface area contributed by atoms with Crippen LogP contribution in [0.25, 0.3) is 0 Å². The predicted molar refractivity (Wildman–Crippen MR) is 66.3 cm³/mol. The van der Waals surface area contributed by atoms with E-state index in [2.05, 4.69) is 22.4 Å². The lowest BCUT2D eigenvalue weighted by atomic mass is 9.81. The minimum Gasteiger partial charge on any atom is -0.369 e. The molecule has 3 heteroatoms. The van der Waals surface area contributed by atoms with E-state index in [0.29, 0.717) is 0 Å². The zero-order valence-corrected chi connectivity index (χ0v) is 10.0. The number of rotatable bonds is 4. The van der Waals surface area contributed by atoms with Crippen molar-refractivity contribution in [3.63, 3.8) is 0 Å². The zero-order valence-electron chi connectivity index (χ0n) is 10.0. The molecule has 1 N–H and O–H groups in total. The molecule has 0 saturated heterocycles. The summed E-state index contributed by atoms with van der Waals surface area (Å²) in [6.07, 6.45) is 8.61. The maximum atomic E-state index is 4.01. The Morgan fingerprint density at radius 2 is 2.12 bits per heavy atom. The maximum Gasteiger partial charge on any atom is 0.148 e. The maximum absolute atomic E-state index is 4.01. The molecule has 0 bridgehead atoms. The van der Waals surface area contributed by atoms with E-state index in [0.717, 1.165) is 24.2 Å². The molecule has 1 aliphatic carbocycles. The Labute approximate surface area is 97.7 Å². The first-order valence-electron chi connectivity index (χ1n) is 6.36. The first kappa shape index (κ1) is 11.4. The molecule has 3 nitrogen and oxygen atoms in total. The molecule has 1 aromatic heterocycles. The van der Waals surface area contributed by atoms with Crippen molar-refractivity contribution in [2.24, 2.45) is 11.8 Å². The Balaban J connectivity index is 1.65. The van der Waals surface area contributed by atoms with E-state index >= 15 is 0 Å². The van der Waals surface area contributed by atoms with Gasteiger partial charge in [0.05, 0.1) is 0 Å². The van der Waals surface area contributed by atoms with E-state index in [1.807, 2.05) is 12.1 Å². The van der Waals surface area contributed by atoms with Crippen molar-refractivity contribution in [1.29, 1.82) is 0 Å². The molecule has 0 atom stereocenters. The van der Waals surface area contributed by atoms with E-state index < -0.39 is 0 Å². The van der Waals surface area contributed by atoms with Gasteiger partial charge in [-0.2, -0.15) is 5.10 Å². The minimum atomic E-state index is 0.895. The highest BCUT2D eigenvalue weighted by Crippen LogP contribution is 2.30. The second-order valence-corrected chi connectivity index (χ2v) is 4.95. The Morgan fingerprint density at radius 1 is 1.31 bits per heavy atom. The minimum absolute atomic E-state index is 0.895. The van der Waals surface area contributed by atoms with Gasteiger partial charge in [-0.05, 0) is 30.4 Å². The summed E-state index contributed by atoms with van der Waals surface area (Å²) in [5.41, 5.74) is 0. The van der Waals surface area contributed by atoms with Crippen molar-refractivity contribution in [3.05, 3.63) is 18.3 Å². The summed E-state index contributed by atoms with van der Waals surface area (Å²) in [6.45, 7) is 3.39. The van der Waals surface area contributed by atoms with E-state index in [1.165, 1.54) is 32.1 Å². The Morgan fingerprint density at radius 3 is 2.81 bits per heavy atom. The molecule has 16 heavy (non-hydrogen) atoms. The molecule has 88 valence electrons. The summed E-state index contributed by atoms with van der Waals surface area (Å²) in [6, 6.07) is 3.88. The van der Waals surface area contributed by atoms with Gasteiger partial charge < -0.3 is 5.32 Å². The van der Waals surface area contributed by atoms with Gasteiger partial charge in [-0.15, -0.1) is 5.10 Å². The summed E-state index contributed by atoms with van der Waals surface area (Å²) in [7, 11) is 0. The molecule has 1 aromatic rings. The Hall–Kier alpha value is -1.12. The summed E-state index contributed by atoms with van der Waals surface area (Å²) in [5.74, 6) is 2.76. The smallest absolute Gasteiger partial charge is 0.148 e. The summed E-state index contributed by atoms with van der Waals surface area (Å²) < 4.78 is 0. The van der Waals surface area contributed by atoms with Crippen LogP contribution in [0.1, 0.15) is 39.0 Å². The zero-order chi connectivity index (χ0) is 11.2. The number of nitrogens with one attached hydrogen (secondary N) is 1. The van der Waals surface area contributed by atoms with Gasteiger partial charge in [-0.25, -0.2) is 0 Å². The number of aromatic nitrogens is 2. The van der Waals surface area contributed by atoms with Gasteiger partial charge >= 0.3 is 0 Å². The lowest BCUT2D eigenvalue weighted by Gasteiger charge is -2.26. The van der Waals surface area contributed by atoms with Crippen LogP contribution in [0.5, 0.6) is 0 Å². The second kappa shape index (κ2) is 5.83. The largest absolute Gasteiger partial charge is 0.369 e. The van der Waals surface area contributed by atoms with Gasteiger partial charge in [0.15, 0.2) is 0 Å². The van der Waals surface area contributed by atoms with Gasteiger partial charge in [0.25, 0.3) is 0 Å². The normalized spacial score (nSPS) is 25.3. The fraction of sp³-hybridized carbons (Fsp3) is 0.692. The van der Waals surface area contributed by atoms with Crippen LogP contribution in [0.3, 0.4) is 0 Å². The van der Waals surface area contributed by atoms with E-state index in [4.69, 9.17) is 0 Å². The van der Waals surface area contributed by atoms with Crippen LogP contribution >= 0.6 is 0 Å². The van der Waals surface area contributed by atoms with Crippen molar-refractivity contribution in [1.82, 2.24) is 10.2 Å². The molecular weight excluding hydrogens is 198 g/mol. The first-order valence-corrected chi connectivity index (χ1v) is 6.36. The van der Waals surface area contributed by atoms with E-state index in [-0.39, 0.29) is 0 Å². The van der Waals surface area contributed by atoms with Crippen molar-refractivity contribution >= 4 is 5.82 Å². The molecule has 0 unspecified atom stereocenters. The monoisotopic (exact) mass is 219 g/mol. The molecule has 0 aliphatic heterocycles. The molecule has 1 fully saturated rings. The topological polar surface area (TPSA) is 37.8 Å². The van der Waals surface area contributed by atoms with Crippen LogP contribution in [0.15, 0.2) is 18.3 Å². The van der Waals surface area contributed by atoms with Crippen molar-refractivity contribution in [2.75, 3.05) is 11.9 Å². The Kier molecular flexibility index (Phi) is 4.14. The van der Waals surface area contributed by atoms with Crippen molar-refractivity contribution in [3.8, 4) is 0 Å². The van der Waals surface area contributed by atoms with Gasteiger partial charge in [-0.1, -0.05) is 32.6 Å². The average Bonchev–Trinajstić information content (AvgIpc) is 2.33. The lowest BCUT2D eigenvalue weighted by Crippen LogP contribution is -2.16. The van der Waals surface area contributed by atoms with Crippen LogP contribution in [-0.2, 0) is 0 Å². The van der Waals surface area contributed by atoms with Gasteiger partial charge in [-0.3, -0.25) is 0 Å². The van der Waals surface area contributed by atoms with Gasteiger partial charge in [0.2, 0.25) is 0 Å². The third-order valence-electron chi connectivity index (χ3n) is 3.57. The highest BCUT2D eigenvalue weighted by atomic mass is 15.2. The molecule has 1 saturated carbocycles. The Bertz CT molecular complexity index is 291. The SMILES string of the molecule is CC1CCC(CCNc2cccnn2)CC1. The van der Waals surface area contributed by atoms with Crippen LogP contribution in [0.4, 0.5) is 5.82 Å². The molecule has 0 amide bonds. The standard InChI is InChI=1S/C13H21N3/c1-11-4-6-12(7-5-11)8-10-14-13-3-2-9-15-16-13/h2-3,9,11-12H,4-8,10H2,1H3,(H,14,16). The molecule has 0 radical (unpaired) electrons. The second-order valence-electron chi connectivity index (χ2n) is 4.95. The number of hydrogen-bond donors (Lipinski definition) is 1. The van der Waals surface area contributed by atoms with Crippen LogP contribution in [0.2, 0.25) is 0 Å². The highest BCUT2D eigenvalue weighted by molar-refractivity contribution is 5.30. The summed E-state index contributed by atoms with van der Waals surface area (Å²) in [5, 5.41) is 11.2. The third-order valence-corrected chi connectivity index (χ3v) is 3.57. The summed E-state index contributed by atoms with van der Waals surface area (Å²) in [4.78, 5) is 0. The van der Waals surface area contributed by atoms with Gasteiger partial charge in [0, 0.05) is 12.7 Å². The number of nitrogens with zero attached hydrogens (tertiary/aromatic N) is 2. The first-order chi connectivity index (χ1) is 7.84. The van der Waals surface area contributed by atoms with Gasteiger partial charge in [0.1, 0.15) is 5.82 Å². The molecule has 0 aromatic carbocycles. The number of anilines is 1. The fourth-order valence-corrected chi connectivity index (χ4v) is 2.42. The fourth-order valence-electron chi connectivity index (χ4n) is 2.42. The van der Waals surface area contributed by atoms with Crippen molar-refractivity contribution < 1.29 is 0 Å². The lowest BCUT2D eigenvalue weighted by molar-refractivity contribution is 0.282. The number of hydrogen-bond acceptors (Lipinski definition) is 3. The quantitative estimate of drug-likeness (QED) is 0.845. The molecule has 2 rings (SSSR count). The predicted octanol–water partition coefficient (Wildman–Crippen LogP) is 3.10. The summed E-state index contributed by atoms with van der Waals surface area (Å²) >= 11 is 0. The third kappa shape index (κ3) is 3.47. The van der Waals surface area contributed by atoms with Crippen LogP contribution in [0, 0.1) is 11.8 Å². The molecule has 0 spiro atoms.